The fraction of sp³-hybridized carbons (Fsp3) is 0.435. The summed E-state index contributed by atoms with van der Waals surface area (Å²) >= 11 is 0. The van der Waals surface area contributed by atoms with Gasteiger partial charge in [-0.15, -0.1) is 0 Å². The fourth-order valence-corrected chi connectivity index (χ4v) is 4.59. The van der Waals surface area contributed by atoms with Gasteiger partial charge in [0.1, 0.15) is 11.8 Å². The molecule has 2 amide bonds. The molecule has 0 bridgehead atoms. The number of aliphatic hydroxyl groups excluding tert-OH is 2. The van der Waals surface area contributed by atoms with Crippen LogP contribution in [-0.2, 0) is 0 Å². The molecule has 1 aliphatic rings. The maximum Gasteiger partial charge on any atom is 0.319 e. The summed E-state index contributed by atoms with van der Waals surface area (Å²) in [5, 5.41) is 31.3. The fourth-order valence-electron chi connectivity index (χ4n) is 4.59. The summed E-state index contributed by atoms with van der Waals surface area (Å²) in [5.41, 5.74) is 8.18. The monoisotopic (exact) mass is 453 g/mol. The van der Waals surface area contributed by atoms with Crippen LogP contribution in [0.15, 0.2) is 48.8 Å². The van der Waals surface area contributed by atoms with E-state index in [1.807, 2.05) is 49.5 Å². The zero-order valence-electron chi connectivity index (χ0n) is 18.6. The first-order valence-corrected chi connectivity index (χ1v) is 11.2. The number of nitrogens with two attached hydrogens (primary N) is 1. The Bertz CT molecular complexity index is 1070. The lowest BCUT2D eigenvalue weighted by Crippen LogP contribution is -2.36. The number of aliphatic hydroxyl groups is 2. The molecule has 1 fully saturated rings. The number of rotatable bonds is 8. The Kier molecular flexibility index (Phi) is 7.07. The molecular formula is C23H31N7O3. The molecule has 0 aliphatic heterocycles. The van der Waals surface area contributed by atoms with Crippen molar-refractivity contribution >= 4 is 23.1 Å². The number of hydrogen-bond acceptors (Lipinski definition) is 7. The number of nitrogens with one attached hydrogen (secondary N) is 2. The lowest BCUT2D eigenvalue weighted by atomic mass is 10.0. The summed E-state index contributed by atoms with van der Waals surface area (Å²) in [5.74, 6) is 0.0687. The first-order valence-electron chi connectivity index (χ1n) is 11.2. The van der Waals surface area contributed by atoms with Crippen LogP contribution in [0, 0.1) is 5.92 Å². The Morgan fingerprint density at radius 2 is 2.00 bits per heavy atom. The maximum atomic E-state index is 12.0. The van der Waals surface area contributed by atoms with Crippen LogP contribution in [0.4, 0.5) is 16.3 Å². The van der Waals surface area contributed by atoms with E-state index in [1.54, 1.807) is 4.52 Å². The van der Waals surface area contributed by atoms with Crippen LogP contribution in [0.5, 0.6) is 0 Å². The number of nitrogen functional groups attached to an aromatic ring is 1. The van der Waals surface area contributed by atoms with Gasteiger partial charge in [0, 0.05) is 36.3 Å². The Morgan fingerprint density at radius 1 is 1.21 bits per heavy atom. The van der Waals surface area contributed by atoms with E-state index in [0.717, 1.165) is 24.3 Å². The zero-order valence-corrected chi connectivity index (χ0v) is 18.6. The predicted octanol–water partition coefficient (Wildman–Crippen LogP) is 1.28. The van der Waals surface area contributed by atoms with Crippen LogP contribution in [0.3, 0.4) is 0 Å². The van der Waals surface area contributed by atoms with Crippen LogP contribution in [-0.4, -0.2) is 74.6 Å². The number of anilines is 2. The highest BCUT2D eigenvalue weighted by molar-refractivity contribution is 5.89. The van der Waals surface area contributed by atoms with Crippen molar-refractivity contribution in [2.45, 2.75) is 31.0 Å². The van der Waals surface area contributed by atoms with Crippen molar-refractivity contribution < 1.29 is 15.0 Å². The van der Waals surface area contributed by atoms with E-state index in [2.05, 4.69) is 25.6 Å². The number of carbonyl (C=O) groups excluding carboxylic acids is 1. The summed E-state index contributed by atoms with van der Waals surface area (Å²) in [6.45, 7) is 1.94. The molecule has 1 saturated carbocycles. The molecule has 4 atom stereocenters. The minimum Gasteiger partial charge on any atom is -0.390 e. The third-order valence-electron chi connectivity index (χ3n) is 6.27. The third-order valence-corrected chi connectivity index (χ3v) is 6.27. The first-order chi connectivity index (χ1) is 15.9. The normalized spacial score (nSPS) is 22.7. The van der Waals surface area contributed by atoms with Crippen LogP contribution in [0.2, 0.25) is 0 Å². The van der Waals surface area contributed by atoms with Crippen molar-refractivity contribution in [2.75, 3.05) is 37.7 Å². The van der Waals surface area contributed by atoms with Crippen LogP contribution in [0.1, 0.15) is 24.5 Å². The van der Waals surface area contributed by atoms with E-state index in [-0.39, 0.29) is 17.9 Å². The molecule has 6 N–H and O–H groups in total. The van der Waals surface area contributed by atoms with Gasteiger partial charge >= 0.3 is 6.03 Å². The summed E-state index contributed by atoms with van der Waals surface area (Å²) in [6, 6.07) is 12.8. The van der Waals surface area contributed by atoms with Gasteiger partial charge in [-0.2, -0.15) is 5.10 Å². The van der Waals surface area contributed by atoms with Gasteiger partial charge in [0.05, 0.1) is 12.2 Å². The third kappa shape index (κ3) is 5.24. The van der Waals surface area contributed by atoms with Crippen molar-refractivity contribution in [1.29, 1.82) is 0 Å². The Balaban J connectivity index is 1.25. The average molecular weight is 454 g/mol. The van der Waals surface area contributed by atoms with E-state index in [4.69, 9.17) is 5.73 Å². The smallest absolute Gasteiger partial charge is 0.319 e. The van der Waals surface area contributed by atoms with Gasteiger partial charge in [0.25, 0.3) is 0 Å². The number of hydrogen-bond donors (Lipinski definition) is 5. The van der Waals surface area contributed by atoms with Gasteiger partial charge in [-0.1, -0.05) is 18.2 Å². The van der Waals surface area contributed by atoms with Crippen LogP contribution in [0.25, 0.3) is 5.52 Å². The van der Waals surface area contributed by atoms with Gasteiger partial charge in [-0.05, 0) is 50.7 Å². The summed E-state index contributed by atoms with van der Waals surface area (Å²) in [7, 11) is 1.98. The topological polar surface area (TPSA) is 141 Å². The summed E-state index contributed by atoms with van der Waals surface area (Å²) in [4.78, 5) is 18.1. The first kappa shape index (κ1) is 23.0. The second-order valence-electron chi connectivity index (χ2n) is 8.65. The molecule has 0 saturated heterocycles. The highest BCUT2D eigenvalue weighted by atomic mass is 16.3. The largest absolute Gasteiger partial charge is 0.390 e. The van der Waals surface area contributed by atoms with Gasteiger partial charge in [0.2, 0.25) is 0 Å². The molecular weight excluding hydrogens is 422 g/mol. The molecule has 10 heteroatoms. The second kappa shape index (κ2) is 10.2. The highest BCUT2D eigenvalue weighted by Crippen LogP contribution is 2.39. The molecule has 2 aromatic heterocycles. The van der Waals surface area contributed by atoms with E-state index < -0.39 is 12.2 Å². The Hall–Kier alpha value is -3.21. The number of amides is 2. The molecule has 0 spiro atoms. The van der Waals surface area contributed by atoms with Gasteiger partial charge < -0.3 is 31.5 Å². The number of carbonyl (C=O) groups is 1. The van der Waals surface area contributed by atoms with Crippen molar-refractivity contribution in [3.8, 4) is 0 Å². The molecule has 1 aromatic carbocycles. The van der Waals surface area contributed by atoms with Crippen molar-refractivity contribution in [3.05, 3.63) is 54.5 Å². The molecule has 4 rings (SSSR count). The molecule has 0 unspecified atom stereocenters. The standard InChI is InChI=1S/C23H31N7O3/c1-29(11-5-10-25-23(33)28-16-6-3-2-4-7-16)13-15-12-17(21(32)20(15)31)18-8-9-19-22(24)26-14-27-30(18)19/h2-4,6-9,14-15,17,20-21,31-32H,5,10-13H2,1H3,(H2,24,26,27)(H2,25,28,33)/t15-,17+,20-,21-/m1/s1. The lowest BCUT2D eigenvalue weighted by Gasteiger charge is -2.23. The zero-order chi connectivity index (χ0) is 23.4. The van der Waals surface area contributed by atoms with Crippen molar-refractivity contribution in [2.24, 2.45) is 5.92 Å². The minimum atomic E-state index is -0.874. The Morgan fingerprint density at radius 3 is 2.79 bits per heavy atom. The minimum absolute atomic E-state index is 0.0749. The quantitative estimate of drug-likeness (QED) is 0.324. The maximum absolute atomic E-state index is 12.0. The van der Waals surface area contributed by atoms with Crippen LogP contribution >= 0.6 is 0 Å². The van der Waals surface area contributed by atoms with E-state index in [9.17, 15) is 15.0 Å². The summed E-state index contributed by atoms with van der Waals surface area (Å²) < 4.78 is 1.70. The van der Waals surface area contributed by atoms with E-state index in [0.29, 0.717) is 30.8 Å². The second-order valence-corrected chi connectivity index (χ2v) is 8.65. The van der Waals surface area contributed by atoms with Gasteiger partial charge in [0.15, 0.2) is 5.82 Å². The molecule has 2 heterocycles. The summed E-state index contributed by atoms with van der Waals surface area (Å²) in [6.07, 6.45) is 1.11. The highest BCUT2D eigenvalue weighted by Gasteiger charge is 2.43. The number of urea groups is 1. The molecule has 0 radical (unpaired) electrons. The number of nitrogens with zero attached hydrogens (tertiary/aromatic N) is 4. The van der Waals surface area contributed by atoms with Crippen LogP contribution < -0.4 is 16.4 Å². The van der Waals surface area contributed by atoms with Gasteiger partial charge in [-0.3, -0.25) is 0 Å². The van der Waals surface area contributed by atoms with E-state index >= 15 is 0 Å². The molecule has 33 heavy (non-hydrogen) atoms. The number of fused-ring (bicyclic) bond motifs is 1. The van der Waals surface area contributed by atoms with Crippen molar-refractivity contribution in [1.82, 2.24) is 24.8 Å². The van der Waals surface area contributed by atoms with Crippen molar-refractivity contribution in [3.63, 3.8) is 0 Å². The number of para-hydroxylation sites is 1. The van der Waals surface area contributed by atoms with E-state index in [1.165, 1.54) is 6.33 Å². The predicted molar refractivity (Wildman–Crippen MR) is 126 cm³/mol. The number of aromatic nitrogens is 3. The molecule has 176 valence electrons. The van der Waals surface area contributed by atoms with Gasteiger partial charge in [-0.25, -0.2) is 14.3 Å². The lowest BCUT2D eigenvalue weighted by molar-refractivity contribution is 0.00807. The average Bonchev–Trinajstić information content (AvgIpc) is 3.35. The SMILES string of the molecule is CN(CCCNC(=O)Nc1ccccc1)C[C@H]1C[C@@H](c2ccc3c(N)ncnn23)[C@@H](O)[C@@H]1O. The molecule has 10 nitrogen and oxygen atoms in total. The molecule has 1 aliphatic carbocycles. The molecule has 3 aromatic rings. The Labute approximate surface area is 192 Å². The number of benzene rings is 1.